The quantitative estimate of drug-likeness (QED) is 0.539. The predicted octanol–water partition coefficient (Wildman–Crippen LogP) is 0.155. The minimum absolute atomic E-state index is 0.146. The molecule has 0 radical (unpaired) electrons. The van der Waals surface area contributed by atoms with Gasteiger partial charge in [-0.25, -0.2) is 0 Å². The summed E-state index contributed by atoms with van der Waals surface area (Å²) in [4.78, 5) is 11.0. The Morgan fingerprint density at radius 3 is 2.00 bits per heavy atom. The van der Waals surface area contributed by atoms with Crippen molar-refractivity contribution in [3.63, 3.8) is 0 Å². The van der Waals surface area contributed by atoms with Gasteiger partial charge in [-0.3, -0.25) is 4.79 Å². The molecular formula is C7H14N2O. The van der Waals surface area contributed by atoms with Crippen LogP contribution in [0.1, 0.15) is 20.8 Å². The maximum Gasteiger partial charge on any atom is 0.176 e. The van der Waals surface area contributed by atoms with Crippen LogP contribution in [0.15, 0.2) is 11.8 Å². The van der Waals surface area contributed by atoms with E-state index in [0.717, 1.165) is 0 Å². The molecule has 0 amide bonds. The zero-order valence-corrected chi connectivity index (χ0v) is 6.64. The topological polar surface area (TPSA) is 69.1 Å². The Balaban J connectivity index is 4.27. The number of rotatable bonds is 2. The van der Waals surface area contributed by atoms with E-state index in [-0.39, 0.29) is 5.78 Å². The third-order valence-electron chi connectivity index (χ3n) is 0.994. The van der Waals surface area contributed by atoms with E-state index in [1.165, 1.54) is 6.08 Å². The van der Waals surface area contributed by atoms with E-state index >= 15 is 0 Å². The number of hydrogen-bond donors (Lipinski definition) is 2. The molecule has 0 saturated carbocycles. The first-order valence-electron chi connectivity index (χ1n) is 3.11. The minimum atomic E-state index is -0.805. The van der Waals surface area contributed by atoms with Crippen LogP contribution in [0, 0.1) is 0 Å². The summed E-state index contributed by atoms with van der Waals surface area (Å²) >= 11 is 0. The highest BCUT2D eigenvalue weighted by Crippen LogP contribution is 2.00. The predicted molar refractivity (Wildman–Crippen MR) is 41.2 cm³/mol. The van der Waals surface area contributed by atoms with Crippen molar-refractivity contribution in [1.29, 1.82) is 0 Å². The average Bonchev–Trinajstić information content (AvgIpc) is 1.60. The molecular weight excluding hydrogens is 128 g/mol. The Morgan fingerprint density at radius 2 is 1.90 bits per heavy atom. The number of nitrogens with two attached hydrogens (primary N) is 2. The number of carbonyl (C=O) groups is 1. The van der Waals surface area contributed by atoms with Gasteiger partial charge in [-0.05, 0) is 20.8 Å². The Labute approximate surface area is 61.1 Å². The van der Waals surface area contributed by atoms with E-state index in [1.54, 1.807) is 20.8 Å². The number of allylic oxidation sites excluding steroid dienone is 1. The normalized spacial score (nSPS) is 13.4. The molecule has 0 heterocycles. The van der Waals surface area contributed by atoms with E-state index in [1.807, 2.05) is 0 Å². The minimum Gasteiger partial charge on any atom is -0.402 e. The molecule has 0 atom stereocenters. The molecule has 0 aromatic carbocycles. The molecule has 4 N–H and O–H groups in total. The molecule has 0 aliphatic carbocycles. The summed E-state index contributed by atoms with van der Waals surface area (Å²) in [5.41, 5.74) is 10.4. The zero-order valence-electron chi connectivity index (χ0n) is 6.64. The standard InChI is InChI=1S/C7H14N2O/c1-5(8)4-6(10)7(2,3)9/h4H,8-9H2,1-3H3. The maximum atomic E-state index is 11.0. The fourth-order valence-electron chi connectivity index (χ4n) is 0.393. The van der Waals surface area contributed by atoms with Crippen LogP contribution in [0.2, 0.25) is 0 Å². The monoisotopic (exact) mass is 142 g/mol. The molecule has 0 bridgehead atoms. The first kappa shape index (κ1) is 9.17. The summed E-state index contributed by atoms with van der Waals surface area (Å²) in [5, 5.41) is 0. The third-order valence-corrected chi connectivity index (χ3v) is 0.994. The van der Waals surface area contributed by atoms with Crippen molar-refractivity contribution < 1.29 is 4.79 Å². The van der Waals surface area contributed by atoms with Gasteiger partial charge in [0.1, 0.15) is 0 Å². The van der Waals surface area contributed by atoms with Crippen LogP contribution in [0.5, 0.6) is 0 Å². The molecule has 0 aliphatic heterocycles. The lowest BCUT2D eigenvalue weighted by atomic mass is 10.0. The smallest absolute Gasteiger partial charge is 0.176 e. The number of hydrogen-bond acceptors (Lipinski definition) is 3. The van der Waals surface area contributed by atoms with Crippen LogP contribution in [-0.4, -0.2) is 11.3 Å². The molecule has 3 nitrogen and oxygen atoms in total. The molecule has 3 heteroatoms. The van der Waals surface area contributed by atoms with Gasteiger partial charge >= 0.3 is 0 Å². The van der Waals surface area contributed by atoms with Crippen molar-refractivity contribution in [3.05, 3.63) is 11.8 Å². The molecule has 0 rings (SSSR count). The van der Waals surface area contributed by atoms with Gasteiger partial charge < -0.3 is 11.5 Å². The van der Waals surface area contributed by atoms with Crippen LogP contribution < -0.4 is 11.5 Å². The van der Waals surface area contributed by atoms with Crippen molar-refractivity contribution in [1.82, 2.24) is 0 Å². The Hall–Kier alpha value is -0.830. The number of carbonyl (C=O) groups excluding carboxylic acids is 1. The lowest BCUT2D eigenvalue weighted by molar-refractivity contribution is -0.118. The molecule has 0 spiro atoms. The van der Waals surface area contributed by atoms with Gasteiger partial charge in [0, 0.05) is 11.8 Å². The van der Waals surface area contributed by atoms with Crippen molar-refractivity contribution in [2.24, 2.45) is 11.5 Å². The van der Waals surface area contributed by atoms with Gasteiger partial charge in [0.25, 0.3) is 0 Å². The number of ketones is 1. The maximum absolute atomic E-state index is 11.0. The summed E-state index contributed by atoms with van der Waals surface area (Å²) < 4.78 is 0. The van der Waals surface area contributed by atoms with Crippen molar-refractivity contribution in [2.75, 3.05) is 0 Å². The molecule has 0 fully saturated rings. The molecule has 0 unspecified atom stereocenters. The van der Waals surface area contributed by atoms with E-state index in [9.17, 15) is 4.79 Å². The molecule has 10 heavy (non-hydrogen) atoms. The van der Waals surface area contributed by atoms with Crippen LogP contribution >= 0.6 is 0 Å². The summed E-state index contributed by atoms with van der Waals surface area (Å²) in [6, 6.07) is 0. The highest BCUT2D eigenvalue weighted by Gasteiger charge is 2.18. The average molecular weight is 142 g/mol. The third kappa shape index (κ3) is 3.25. The van der Waals surface area contributed by atoms with Crippen molar-refractivity contribution in [2.45, 2.75) is 26.3 Å². The second-order valence-corrected chi connectivity index (χ2v) is 2.97. The first-order chi connectivity index (χ1) is 4.34. The second-order valence-electron chi connectivity index (χ2n) is 2.97. The Kier molecular flexibility index (Phi) is 2.60. The van der Waals surface area contributed by atoms with Crippen LogP contribution in [-0.2, 0) is 4.79 Å². The Bertz CT molecular complexity index is 161. The van der Waals surface area contributed by atoms with Crippen LogP contribution in [0.3, 0.4) is 0 Å². The van der Waals surface area contributed by atoms with E-state index in [2.05, 4.69) is 0 Å². The van der Waals surface area contributed by atoms with Crippen LogP contribution in [0.4, 0.5) is 0 Å². The zero-order chi connectivity index (χ0) is 8.36. The summed E-state index contributed by atoms with van der Waals surface area (Å²) in [5.74, 6) is -0.146. The summed E-state index contributed by atoms with van der Waals surface area (Å²) in [6.07, 6.45) is 1.35. The van der Waals surface area contributed by atoms with E-state index in [4.69, 9.17) is 11.5 Å². The summed E-state index contributed by atoms with van der Waals surface area (Å²) in [7, 11) is 0. The molecule has 0 aromatic heterocycles. The van der Waals surface area contributed by atoms with Gasteiger partial charge in [-0.15, -0.1) is 0 Å². The van der Waals surface area contributed by atoms with E-state index in [0.29, 0.717) is 5.70 Å². The fourth-order valence-corrected chi connectivity index (χ4v) is 0.393. The fraction of sp³-hybridized carbons (Fsp3) is 0.571. The lowest BCUT2D eigenvalue weighted by Gasteiger charge is -2.13. The molecule has 0 aliphatic rings. The van der Waals surface area contributed by atoms with Gasteiger partial charge in [0.05, 0.1) is 5.54 Å². The van der Waals surface area contributed by atoms with E-state index < -0.39 is 5.54 Å². The largest absolute Gasteiger partial charge is 0.402 e. The van der Waals surface area contributed by atoms with Gasteiger partial charge in [-0.1, -0.05) is 0 Å². The van der Waals surface area contributed by atoms with Crippen molar-refractivity contribution in [3.8, 4) is 0 Å². The van der Waals surface area contributed by atoms with Gasteiger partial charge in [0.15, 0.2) is 5.78 Å². The second kappa shape index (κ2) is 2.84. The SMILES string of the molecule is CC(N)=CC(=O)C(C)(C)N. The highest BCUT2D eigenvalue weighted by atomic mass is 16.1. The van der Waals surface area contributed by atoms with Gasteiger partial charge in [0.2, 0.25) is 0 Å². The van der Waals surface area contributed by atoms with Crippen LogP contribution in [0.25, 0.3) is 0 Å². The van der Waals surface area contributed by atoms with Crippen molar-refractivity contribution >= 4 is 5.78 Å². The highest BCUT2D eigenvalue weighted by molar-refractivity contribution is 5.97. The Morgan fingerprint density at radius 1 is 1.50 bits per heavy atom. The van der Waals surface area contributed by atoms with Gasteiger partial charge in [-0.2, -0.15) is 0 Å². The summed E-state index contributed by atoms with van der Waals surface area (Å²) in [6.45, 7) is 4.95. The first-order valence-corrected chi connectivity index (χ1v) is 3.11. The lowest BCUT2D eigenvalue weighted by Crippen LogP contribution is -2.40. The molecule has 0 saturated heterocycles. The molecule has 0 aromatic rings. The molecule has 58 valence electrons.